The molecule has 1 N–H and O–H groups in total. The van der Waals surface area contributed by atoms with Crippen LogP contribution in [0.4, 0.5) is 28.9 Å². The van der Waals surface area contributed by atoms with Crippen molar-refractivity contribution in [2.75, 3.05) is 16.8 Å². The Hall–Kier alpha value is -2.98. The maximum Gasteiger partial charge on any atom is 0.416 e. The highest BCUT2D eigenvalue weighted by Crippen LogP contribution is 2.61. The summed E-state index contributed by atoms with van der Waals surface area (Å²) in [5.74, 6) is -4.88. The Bertz CT molecular complexity index is 1300. The Labute approximate surface area is 195 Å². The SMILES string of the molecule is O=C1[C@H]2[C@@H](C(=O)N1c1cc(C(F)(F)F)ccc1Cl)[C@]1(C(=O)Nc3ccc(F)cc31)N1CCC[C@@H]21. The van der Waals surface area contributed by atoms with Gasteiger partial charge in [-0.25, -0.2) is 9.29 Å². The summed E-state index contributed by atoms with van der Waals surface area (Å²) in [6.45, 7) is 0.423. The van der Waals surface area contributed by atoms with Crippen molar-refractivity contribution in [3.05, 3.63) is 58.4 Å². The third kappa shape index (κ3) is 2.52. The van der Waals surface area contributed by atoms with Crippen LogP contribution in [0.15, 0.2) is 36.4 Å². The second-order valence-corrected chi connectivity index (χ2v) is 9.40. The van der Waals surface area contributed by atoms with Gasteiger partial charge in [0, 0.05) is 17.3 Å². The third-order valence-electron chi connectivity index (χ3n) is 7.47. The van der Waals surface area contributed by atoms with E-state index in [-0.39, 0.29) is 16.3 Å². The average molecular weight is 494 g/mol. The van der Waals surface area contributed by atoms with Crippen LogP contribution < -0.4 is 10.2 Å². The summed E-state index contributed by atoms with van der Waals surface area (Å²) in [4.78, 5) is 43.4. The molecule has 2 aromatic rings. The van der Waals surface area contributed by atoms with E-state index in [0.29, 0.717) is 36.0 Å². The normalized spacial score (nSPS) is 30.2. The molecule has 11 heteroatoms. The fraction of sp³-hybridized carbons (Fsp3) is 0.348. The van der Waals surface area contributed by atoms with Gasteiger partial charge in [0.25, 0.3) is 0 Å². The van der Waals surface area contributed by atoms with E-state index in [9.17, 15) is 31.9 Å². The van der Waals surface area contributed by atoms with Crippen molar-refractivity contribution >= 4 is 40.7 Å². The highest BCUT2D eigenvalue weighted by molar-refractivity contribution is 6.36. The Morgan fingerprint density at radius 3 is 2.56 bits per heavy atom. The molecule has 4 heterocycles. The molecule has 34 heavy (non-hydrogen) atoms. The van der Waals surface area contributed by atoms with Crippen LogP contribution >= 0.6 is 11.6 Å². The zero-order chi connectivity index (χ0) is 24.2. The molecule has 2 aromatic carbocycles. The first-order valence-corrected chi connectivity index (χ1v) is 11.1. The number of alkyl halides is 3. The number of anilines is 2. The molecule has 0 unspecified atom stereocenters. The number of halogens is 5. The van der Waals surface area contributed by atoms with Gasteiger partial charge in [-0.15, -0.1) is 0 Å². The summed E-state index contributed by atoms with van der Waals surface area (Å²) in [6, 6.07) is 5.70. The number of amides is 3. The van der Waals surface area contributed by atoms with E-state index in [4.69, 9.17) is 11.6 Å². The minimum atomic E-state index is -4.72. The number of hydrogen-bond donors (Lipinski definition) is 1. The summed E-state index contributed by atoms with van der Waals surface area (Å²) < 4.78 is 54.4. The van der Waals surface area contributed by atoms with E-state index in [0.717, 1.165) is 12.1 Å². The summed E-state index contributed by atoms with van der Waals surface area (Å²) in [5.41, 5.74) is -2.46. The van der Waals surface area contributed by atoms with Crippen LogP contribution in [0, 0.1) is 17.7 Å². The van der Waals surface area contributed by atoms with Crippen LogP contribution in [0.1, 0.15) is 24.0 Å². The quantitative estimate of drug-likeness (QED) is 0.483. The first-order chi connectivity index (χ1) is 16.1. The lowest BCUT2D eigenvalue weighted by Crippen LogP contribution is -2.54. The maximum atomic E-state index is 14.3. The number of hydrogen-bond acceptors (Lipinski definition) is 4. The molecule has 4 aliphatic rings. The van der Waals surface area contributed by atoms with Gasteiger partial charge in [-0.1, -0.05) is 11.6 Å². The van der Waals surface area contributed by atoms with Gasteiger partial charge in [-0.05, 0) is 55.8 Å². The maximum absolute atomic E-state index is 14.3. The molecule has 3 amide bonds. The van der Waals surface area contributed by atoms with Gasteiger partial charge in [-0.2, -0.15) is 13.2 Å². The third-order valence-corrected chi connectivity index (χ3v) is 7.79. The highest BCUT2D eigenvalue weighted by Gasteiger charge is 2.74. The van der Waals surface area contributed by atoms with Gasteiger partial charge in [0.2, 0.25) is 17.7 Å². The van der Waals surface area contributed by atoms with E-state index in [1.807, 2.05) is 0 Å². The molecule has 4 aliphatic heterocycles. The summed E-state index contributed by atoms with van der Waals surface area (Å²) in [6.07, 6.45) is -3.55. The Kier molecular flexibility index (Phi) is 4.30. The van der Waals surface area contributed by atoms with E-state index in [2.05, 4.69) is 5.32 Å². The lowest BCUT2D eigenvalue weighted by molar-refractivity contribution is -0.137. The van der Waals surface area contributed by atoms with Crippen LogP contribution in [-0.4, -0.2) is 35.2 Å². The van der Waals surface area contributed by atoms with Gasteiger partial charge in [-0.3, -0.25) is 19.3 Å². The molecule has 6 nitrogen and oxygen atoms in total. The predicted molar refractivity (Wildman–Crippen MR) is 112 cm³/mol. The van der Waals surface area contributed by atoms with Crippen LogP contribution in [0.5, 0.6) is 0 Å². The lowest BCUT2D eigenvalue weighted by Gasteiger charge is -2.36. The average Bonchev–Trinajstić information content (AvgIpc) is 3.47. The van der Waals surface area contributed by atoms with E-state index < -0.39 is 58.7 Å². The summed E-state index contributed by atoms with van der Waals surface area (Å²) in [5, 5.41) is 2.51. The number of fused-ring (bicyclic) bond motifs is 7. The van der Waals surface area contributed by atoms with Crippen LogP contribution in [0.3, 0.4) is 0 Å². The fourth-order valence-electron chi connectivity index (χ4n) is 6.27. The lowest BCUT2D eigenvalue weighted by atomic mass is 9.75. The van der Waals surface area contributed by atoms with Gasteiger partial charge in [0.15, 0.2) is 0 Å². The molecule has 3 fully saturated rings. The monoisotopic (exact) mass is 493 g/mol. The van der Waals surface area contributed by atoms with Crippen molar-refractivity contribution in [1.29, 1.82) is 0 Å². The molecule has 1 spiro atoms. The zero-order valence-corrected chi connectivity index (χ0v) is 18.1. The van der Waals surface area contributed by atoms with Crippen molar-refractivity contribution in [2.45, 2.75) is 30.6 Å². The molecular formula is C23H16ClF4N3O3. The molecule has 3 saturated heterocycles. The van der Waals surface area contributed by atoms with E-state index in [1.165, 1.54) is 18.2 Å². The molecule has 0 bridgehead atoms. The molecule has 176 valence electrons. The minimum Gasteiger partial charge on any atom is -0.324 e. The van der Waals surface area contributed by atoms with Gasteiger partial charge < -0.3 is 5.32 Å². The predicted octanol–water partition coefficient (Wildman–Crippen LogP) is 3.93. The number of benzene rings is 2. The standard InChI is InChI=1S/C23H16ClF4N3O3/c24-13-5-3-10(23(26,27)28)8-16(13)31-19(32)17-15-2-1-7-30(15)22(18(17)20(31)33)12-9-11(25)4-6-14(12)29-21(22)34/h3-6,8-9,15,17-18H,1-2,7H2,(H,29,34)/t15-,17+,18-,22+/m0/s1. The Morgan fingerprint density at radius 1 is 1.06 bits per heavy atom. The van der Waals surface area contributed by atoms with E-state index >= 15 is 0 Å². The van der Waals surface area contributed by atoms with Crippen LogP contribution in [0.25, 0.3) is 0 Å². The number of rotatable bonds is 1. The fourth-order valence-corrected chi connectivity index (χ4v) is 6.48. The largest absolute Gasteiger partial charge is 0.416 e. The first-order valence-electron chi connectivity index (χ1n) is 10.7. The Morgan fingerprint density at radius 2 is 1.82 bits per heavy atom. The molecule has 0 radical (unpaired) electrons. The molecule has 0 aliphatic carbocycles. The number of imide groups is 1. The molecule has 4 atom stereocenters. The second kappa shape index (κ2) is 6.79. The van der Waals surface area contributed by atoms with Crippen molar-refractivity contribution in [3.8, 4) is 0 Å². The van der Waals surface area contributed by atoms with Gasteiger partial charge in [0.1, 0.15) is 11.4 Å². The topological polar surface area (TPSA) is 69.7 Å². The molecular weight excluding hydrogens is 478 g/mol. The second-order valence-electron chi connectivity index (χ2n) is 8.99. The van der Waals surface area contributed by atoms with Crippen LogP contribution in [0.2, 0.25) is 5.02 Å². The summed E-state index contributed by atoms with van der Waals surface area (Å²) in [7, 11) is 0. The van der Waals surface area contributed by atoms with E-state index in [1.54, 1.807) is 4.90 Å². The smallest absolute Gasteiger partial charge is 0.324 e. The molecule has 6 rings (SSSR count). The highest BCUT2D eigenvalue weighted by atomic mass is 35.5. The molecule has 0 saturated carbocycles. The number of nitrogens with zero attached hydrogens (tertiary/aromatic N) is 2. The van der Waals surface area contributed by atoms with Crippen LogP contribution in [-0.2, 0) is 26.1 Å². The Balaban J connectivity index is 1.54. The number of carbonyl (C=O) groups is 3. The van der Waals surface area contributed by atoms with Crippen molar-refractivity contribution in [1.82, 2.24) is 4.90 Å². The van der Waals surface area contributed by atoms with Gasteiger partial charge in [0.05, 0.1) is 28.1 Å². The number of carbonyl (C=O) groups excluding carboxylic acids is 3. The molecule has 0 aromatic heterocycles. The number of nitrogens with one attached hydrogen (secondary N) is 1. The first kappa shape index (κ1) is 21.5. The zero-order valence-electron chi connectivity index (χ0n) is 17.3. The van der Waals surface area contributed by atoms with Crippen molar-refractivity contribution in [2.24, 2.45) is 11.8 Å². The van der Waals surface area contributed by atoms with Crippen molar-refractivity contribution in [3.63, 3.8) is 0 Å². The minimum absolute atomic E-state index is 0.200. The summed E-state index contributed by atoms with van der Waals surface area (Å²) >= 11 is 6.15. The van der Waals surface area contributed by atoms with Crippen molar-refractivity contribution < 1.29 is 31.9 Å². The van der Waals surface area contributed by atoms with Gasteiger partial charge >= 0.3 is 6.18 Å².